The number of phenols is 2. The number of phenolic OH excluding ortho intramolecular Hbond substituents is 2. The van der Waals surface area contributed by atoms with Gasteiger partial charge in [0, 0.05) is 25.9 Å². The van der Waals surface area contributed by atoms with Gasteiger partial charge in [0.15, 0.2) is 0 Å². The molecule has 1 amide bonds. The van der Waals surface area contributed by atoms with E-state index >= 15 is 0 Å². The van der Waals surface area contributed by atoms with Crippen LogP contribution in [0.25, 0.3) is 0 Å². The lowest BCUT2D eigenvalue weighted by molar-refractivity contribution is -0.181. The van der Waals surface area contributed by atoms with Crippen molar-refractivity contribution < 1.29 is 24.9 Å². The van der Waals surface area contributed by atoms with Gasteiger partial charge in [0.2, 0.25) is 0 Å². The lowest BCUT2D eigenvalue weighted by atomic mass is 9.80. The molecule has 2 aromatic rings. The summed E-state index contributed by atoms with van der Waals surface area (Å²) in [5.74, 6) is -0.834. The van der Waals surface area contributed by atoms with Crippen molar-refractivity contribution in [3.63, 3.8) is 0 Å². The molecule has 148 valence electrons. The highest BCUT2D eigenvalue weighted by Gasteiger charge is 2.44. The van der Waals surface area contributed by atoms with E-state index in [-0.39, 0.29) is 29.1 Å². The van der Waals surface area contributed by atoms with Crippen LogP contribution in [0.2, 0.25) is 0 Å². The Morgan fingerprint density at radius 3 is 2.29 bits per heavy atom. The monoisotopic (exact) mass is 383 g/mol. The Hall–Kier alpha value is -2.57. The summed E-state index contributed by atoms with van der Waals surface area (Å²) in [6.45, 7) is 0.891. The number of carbonyl (C=O) groups is 1. The second-order valence-corrected chi connectivity index (χ2v) is 7.76. The smallest absolute Gasteiger partial charge is 0.261 e. The molecule has 0 saturated carbocycles. The van der Waals surface area contributed by atoms with Crippen LogP contribution in [0.4, 0.5) is 0 Å². The Labute approximate surface area is 164 Å². The quantitative estimate of drug-likeness (QED) is 0.742. The number of hydrogen-bond acceptors (Lipinski definition) is 5. The van der Waals surface area contributed by atoms with Gasteiger partial charge in [-0.25, -0.2) is 0 Å². The van der Waals surface area contributed by atoms with Crippen molar-refractivity contribution in [3.8, 4) is 11.5 Å². The fourth-order valence-corrected chi connectivity index (χ4v) is 4.37. The summed E-state index contributed by atoms with van der Waals surface area (Å²) < 4.78 is 6.46. The zero-order valence-electron chi connectivity index (χ0n) is 15.6. The van der Waals surface area contributed by atoms with Crippen LogP contribution in [0.1, 0.15) is 47.7 Å². The second kappa shape index (κ2) is 7.45. The molecule has 0 aromatic heterocycles. The largest absolute Gasteiger partial charge is 0.507 e. The topological polar surface area (TPSA) is 90.2 Å². The molecule has 3 N–H and O–H groups in total. The van der Waals surface area contributed by atoms with E-state index < -0.39 is 11.7 Å². The minimum atomic E-state index is -0.463. The summed E-state index contributed by atoms with van der Waals surface area (Å²) in [7, 11) is 0. The maximum atomic E-state index is 12.8. The highest BCUT2D eigenvalue weighted by atomic mass is 16.5. The molecule has 2 saturated heterocycles. The number of hydrogen-bond donors (Lipinski definition) is 3. The summed E-state index contributed by atoms with van der Waals surface area (Å²) >= 11 is 0. The van der Waals surface area contributed by atoms with Crippen LogP contribution in [0.3, 0.4) is 0 Å². The maximum absolute atomic E-state index is 12.8. The van der Waals surface area contributed by atoms with Gasteiger partial charge < -0.3 is 25.0 Å². The van der Waals surface area contributed by atoms with E-state index in [0.717, 1.165) is 5.56 Å². The van der Waals surface area contributed by atoms with Crippen LogP contribution in [0, 0.1) is 0 Å². The van der Waals surface area contributed by atoms with Gasteiger partial charge in [-0.05, 0) is 30.5 Å². The van der Waals surface area contributed by atoms with Gasteiger partial charge in [0.25, 0.3) is 5.91 Å². The van der Waals surface area contributed by atoms with E-state index in [1.807, 2.05) is 30.3 Å². The molecule has 0 radical (unpaired) electrons. The summed E-state index contributed by atoms with van der Waals surface area (Å²) in [6, 6.07) is 14.2. The van der Waals surface area contributed by atoms with Crippen LogP contribution in [-0.2, 0) is 4.74 Å². The number of rotatable bonds is 2. The van der Waals surface area contributed by atoms with Crippen LogP contribution in [0.5, 0.6) is 11.5 Å². The third-order valence-electron chi connectivity index (χ3n) is 5.85. The third kappa shape index (κ3) is 3.57. The first-order valence-electron chi connectivity index (χ1n) is 9.68. The van der Waals surface area contributed by atoms with E-state index in [9.17, 15) is 20.1 Å². The standard InChI is InChI=1S/C22H25NO5/c24-16-13-19(15-5-2-1-3-6-15)28-22(14-16)9-11-23(12-10-22)21(27)20-17(25)7-4-8-18(20)26/h1-8,16,19,24-26H,9-14H2/t16-,19-/m1/s1. The van der Waals surface area contributed by atoms with E-state index in [2.05, 4.69) is 0 Å². The number of piperidine rings is 1. The molecule has 4 rings (SSSR count). The third-order valence-corrected chi connectivity index (χ3v) is 5.85. The van der Waals surface area contributed by atoms with Crippen molar-refractivity contribution in [3.05, 3.63) is 59.7 Å². The normalized spacial score (nSPS) is 24.2. The summed E-state index contributed by atoms with van der Waals surface area (Å²) in [5.41, 5.74) is 0.527. The van der Waals surface area contributed by atoms with E-state index in [1.54, 1.807) is 4.90 Å². The Morgan fingerprint density at radius 1 is 1.00 bits per heavy atom. The average molecular weight is 383 g/mol. The SMILES string of the molecule is O=C(c1c(O)cccc1O)N1CCC2(CC1)C[C@H](O)C[C@H](c1ccccc1)O2. The fourth-order valence-electron chi connectivity index (χ4n) is 4.37. The number of benzene rings is 2. The van der Waals surface area contributed by atoms with Crippen LogP contribution < -0.4 is 0 Å². The average Bonchev–Trinajstić information content (AvgIpc) is 2.68. The minimum Gasteiger partial charge on any atom is -0.507 e. The highest BCUT2D eigenvalue weighted by molar-refractivity contribution is 5.99. The minimum absolute atomic E-state index is 0.0646. The molecule has 6 nitrogen and oxygen atoms in total. The van der Waals surface area contributed by atoms with Gasteiger partial charge in [0.05, 0.1) is 17.8 Å². The number of carbonyl (C=O) groups excluding carboxylic acids is 1. The zero-order valence-corrected chi connectivity index (χ0v) is 15.6. The van der Waals surface area contributed by atoms with E-state index in [1.165, 1.54) is 18.2 Å². The highest BCUT2D eigenvalue weighted by Crippen LogP contribution is 2.43. The molecule has 2 heterocycles. The van der Waals surface area contributed by atoms with E-state index in [0.29, 0.717) is 38.8 Å². The summed E-state index contributed by atoms with van der Waals surface area (Å²) in [4.78, 5) is 14.4. The predicted molar refractivity (Wildman–Crippen MR) is 103 cm³/mol. The number of likely N-dealkylation sites (tertiary alicyclic amines) is 1. The number of ether oxygens (including phenoxy) is 1. The Bertz CT molecular complexity index is 825. The molecular weight excluding hydrogens is 358 g/mol. The molecule has 2 fully saturated rings. The molecule has 2 aliphatic heterocycles. The Kier molecular flexibility index (Phi) is 5.00. The molecular formula is C22H25NO5. The molecule has 2 atom stereocenters. The Balaban J connectivity index is 1.47. The van der Waals surface area contributed by atoms with Crippen molar-refractivity contribution in [1.82, 2.24) is 4.90 Å². The van der Waals surface area contributed by atoms with Gasteiger partial charge in [-0.2, -0.15) is 0 Å². The van der Waals surface area contributed by atoms with Gasteiger partial charge in [-0.1, -0.05) is 36.4 Å². The van der Waals surface area contributed by atoms with Crippen molar-refractivity contribution in [1.29, 1.82) is 0 Å². The van der Waals surface area contributed by atoms with Crippen molar-refractivity contribution in [2.45, 2.75) is 43.5 Å². The lowest BCUT2D eigenvalue weighted by Crippen LogP contribution is -2.52. The predicted octanol–water partition coefficient (Wildman–Crippen LogP) is 2.99. The number of nitrogens with zero attached hydrogens (tertiary/aromatic N) is 1. The van der Waals surface area contributed by atoms with Gasteiger partial charge >= 0.3 is 0 Å². The summed E-state index contributed by atoms with van der Waals surface area (Å²) in [6.07, 6.45) is 1.74. The molecule has 2 aromatic carbocycles. The maximum Gasteiger partial charge on any atom is 0.261 e. The van der Waals surface area contributed by atoms with Crippen LogP contribution >= 0.6 is 0 Å². The fraction of sp³-hybridized carbons (Fsp3) is 0.409. The van der Waals surface area contributed by atoms with Crippen molar-refractivity contribution >= 4 is 5.91 Å². The first kappa shape index (κ1) is 18.8. The van der Waals surface area contributed by atoms with Gasteiger partial charge in [-0.3, -0.25) is 4.79 Å². The van der Waals surface area contributed by atoms with Crippen LogP contribution in [0.15, 0.2) is 48.5 Å². The Morgan fingerprint density at radius 2 is 1.64 bits per heavy atom. The molecule has 0 unspecified atom stereocenters. The molecule has 0 aliphatic carbocycles. The van der Waals surface area contributed by atoms with Crippen molar-refractivity contribution in [2.24, 2.45) is 0 Å². The first-order chi connectivity index (χ1) is 13.5. The number of aromatic hydroxyl groups is 2. The lowest BCUT2D eigenvalue weighted by Gasteiger charge is -2.48. The number of amides is 1. The van der Waals surface area contributed by atoms with Gasteiger partial charge in [-0.15, -0.1) is 0 Å². The zero-order chi connectivity index (χ0) is 19.7. The molecule has 2 aliphatic rings. The first-order valence-corrected chi connectivity index (χ1v) is 9.68. The number of aliphatic hydroxyl groups is 1. The van der Waals surface area contributed by atoms with E-state index in [4.69, 9.17) is 4.74 Å². The summed E-state index contributed by atoms with van der Waals surface area (Å²) in [5, 5.41) is 30.4. The van der Waals surface area contributed by atoms with Crippen molar-refractivity contribution in [2.75, 3.05) is 13.1 Å². The van der Waals surface area contributed by atoms with Crippen LogP contribution in [-0.4, -0.2) is 50.9 Å². The molecule has 1 spiro atoms. The molecule has 0 bridgehead atoms. The molecule has 6 heteroatoms. The number of aliphatic hydroxyl groups excluding tert-OH is 1. The second-order valence-electron chi connectivity index (χ2n) is 7.76. The molecule has 28 heavy (non-hydrogen) atoms. The van der Waals surface area contributed by atoms with Gasteiger partial charge in [0.1, 0.15) is 17.1 Å².